The molecule has 204 valence electrons. The summed E-state index contributed by atoms with van der Waals surface area (Å²) in [6.45, 7) is 3.23. The molecular weight excluding hydrogens is 540 g/mol. The molecule has 0 aliphatic carbocycles. The highest BCUT2D eigenvalue weighted by Gasteiger charge is 2.29. The number of carbonyl (C=O) groups excluding carboxylic acids is 1. The van der Waals surface area contributed by atoms with Crippen LogP contribution in [0.2, 0.25) is 0 Å². The van der Waals surface area contributed by atoms with E-state index in [9.17, 15) is 13.2 Å². The molecule has 0 aliphatic rings. The average molecular weight is 569 g/mol. The molecule has 4 aromatic rings. The first-order valence-corrected chi connectivity index (χ1v) is 14.0. The number of aryl methyl sites for hydroxylation is 2. The van der Waals surface area contributed by atoms with Gasteiger partial charge in [-0.25, -0.2) is 8.42 Å². The van der Waals surface area contributed by atoms with E-state index in [2.05, 4.69) is 15.5 Å². The molecule has 0 radical (unpaired) electrons. The first-order valence-electron chi connectivity index (χ1n) is 11.8. The largest absolute Gasteiger partial charge is 0.497 e. The van der Waals surface area contributed by atoms with Gasteiger partial charge in [0.1, 0.15) is 17.3 Å². The van der Waals surface area contributed by atoms with Gasteiger partial charge in [-0.05, 0) is 73.5 Å². The van der Waals surface area contributed by atoms with Crippen molar-refractivity contribution in [2.75, 3.05) is 37.5 Å². The highest BCUT2D eigenvalue weighted by molar-refractivity contribution is 7.92. The molecule has 1 aromatic heterocycles. The summed E-state index contributed by atoms with van der Waals surface area (Å²) < 4.78 is 44.5. The van der Waals surface area contributed by atoms with E-state index in [0.29, 0.717) is 22.2 Å². The highest BCUT2D eigenvalue weighted by atomic mass is 32.2. The molecular formula is C27H28N4O6S2. The normalized spacial score (nSPS) is 11.1. The maximum Gasteiger partial charge on any atom is 0.264 e. The number of hydrogen-bond donors (Lipinski definition) is 1. The van der Waals surface area contributed by atoms with E-state index in [1.807, 2.05) is 32.0 Å². The molecule has 1 amide bonds. The van der Waals surface area contributed by atoms with Gasteiger partial charge in [0, 0.05) is 11.6 Å². The SMILES string of the molecule is COc1ccc(-c2nnc(NC(=O)CN(c3cc(C)cc(C)c3)S(=O)(=O)c3ccc(OC)c(OC)c3)s2)cc1. The van der Waals surface area contributed by atoms with Gasteiger partial charge < -0.3 is 14.2 Å². The molecule has 0 fully saturated rings. The van der Waals surface area contributed by atoms with Crippen LogP contribution in [0.4, 0.5) is 10.8 Å². The van der Waals surface area contributed by atoms with E-state index in [1.54, 1.807) is 31.4 Å². The van der Waals surface area contributed by atoms with Crippen LogP contribution < -0.4 is 23.8 Å². The van der Waals surface area contributed by atoms with Gasteiger partial charge in [-0.2, -0.15) is 0 Å². The highest BCUT2D eigenvalue weighted by Crippen LogP contribution is 2.33. The van der Waals surface area contributed by atoms with Crippen molar-refractivity contribution in [1.82, 2.24) is 10.2 Å². The molecule has 0 aliphatic heterocycles. The number of carbonyl (C=O) groups is 1. The Balaban J connectivity index is 1.63. The van der Waals surface area contributed by atoms with Gasteiger partial charge >= 0.3 is 0 Å². The summed E-state index contributed by atoms with van der Waals surface area (Å²) in [7, 11) is 0.285. The van der Waals surface area contributed by atoms with E-state index in [4.69, 9.17) is 14.2 Å². The predicted molar refractivity (Wildman–Crippen MR) is 151 cm³/mol. The summed E-state index contributed by atoms with van der Waals surface area (Å²) in [6.07, 6.45) is 0. The quantitative estimate of drug-likeness (QED) is 0.293. The second-order valence-electron chi connectivity index (χ2n) is 8.56. The molecule has 4 rings (SSSR count). The van der Waals surface area contributed by atoms with Crippen molar-refractivity contribution in [3.8, 4) is 27.8 Å². The summed E-state index contributed by atoms with van der Waals surface area (Å²) in [5, 5.41) is 11.7. The standard InChI is InChI=1S/C27H28N4O6S2/c1-17-12-18(2)14-20(13-17)31(39(33,34)22-10-11-23(36-4)24(15-22)37-5)16-25(32)28-27-30-29-26(38-27)19-6-8-21(35-3)9-7-19/h6-15H,16H2,1-5H3,(H,28,30,32). The Morgan fingerprint density at radius 1 is 0.872 bits per heavy atom. The number of rotatable bonds is 10. The lowest BCUT2D eigenvalue weighted by Crippen LogP contribution is -2.38. The van der Waals surface area contributed by atoms with E-state index in [0.717, 1.165) is 21.0 Å². The Labute approximate surface area is 231 Å². The number of sulfonamides is 1. The fourth-order valence-corrected chi connectivity index (χ4v) is 6.11. The Morgan fingerprint density at radius 2 is 1.54 bits per heavy atom. The smallest absolute Gasteiger partial charge is 0.264 e. The van der Waals surface area contributed by atoms with Crippen LogP contribution in [-0.4, -0.2) is 52.4 Å². The van der Waals surface area contributed by atoms with Gasteiger partial charge in [0.05, 0.1) is 31.9 Å². The second kappa shape index (κ2) is 11.7. The maximum absolute atomic E-state index is 13.9. The molecule has 39 heavy (non-hydrogen) atoms. The number of nitrogens with one attached hydrogen (secondary N) is 1. The van der Waals surface area contributed by atoms with Gasteiger partial charge in [-0.3, -0.25) is 14.4 Å². The number of hydrogen-bond acceptors (Lipinski definition) is 9. The Morgan fingerprint density at radius 3 is 2.15 bits per heavy atom. The van der Waals surface area contributed by atoms with Gasteiger partial charge in [0.15, 0.2) is 11.5 Å². The summed E-state index contributed by atoms with van der Waals surface area (Å²) in [5.74, 6) is 0.772. The summed E-state index contributed by atoms with van der Waals surface area (Å²) in [5.41, 5.74) is 2.87. The van der Waals surface area contributed by atoms with E-state index >= 15 is 0 Å². The molecule has 3 aromatic carbocycles. The Hall–Kier alpha value is -4.16. The predicted octanol–water partition coefficient (Wildman–Crippen LogP) is 4.68. The van der Waals surface area contributed by atoms with Gasteiger partial charge in [0.2, 0.25) is 11.0 Å². The first kappa shape index (κ1) is 27.9. The zero-order chi connectivity index (χ0) is 28.2. The Kier molecular flexibility index (Phi) is 8.36. The van der Waals surface area contributed by atoms with Crippen molar-refractivity contribution in [3.05, 3.63) is 71.8 Å². The Bertz CT molecular complexity index is 1570. The lowest BCUT2D eigenvalue weighted by molar-refractivity contribution is -0.114. The molecule has 1 heterocycles. The van der Waals surface area contributed by atoms with Crippen LogP contribution in [0, 0.1) is 13.8 Å². The molecule has 0 spiro atoms. The second-order valence-corrected chi connectivity index (χ2v) is 11.4. The van der Waals surface area contributed by atoms with Crippen LogP contribution in [0.25, 0.3) is 10.6 Å². The van der Waals surface area contributed by atoms with E-state index < -0.39 is 22.5 Å². The minimum absolute atomic E-state index is 0.0511. The number of ether oxygens (including phenoxy) is 3. The van der Waals surface area contributed by atoms with Crippen molar-refractivity contribution in [1.29, 1.82) is 0 Å². The number of amides is 1. The number of nitrogens with zero attached hydrogens (tertiary/aromatic N) is 3. The summed E-state index contributed by atoms with van der Waals surface area (Å²) in [6, 6.07) is 16.9. The zero-order valence-electron chi connectivity index (χ0n) is 22.1. The number of benzene rings is 3. The zero-order valence-corrected chi connectivity index (χ0v) is 23.7. The summed E-state index contributed by atoms with van der Waals surface area (Å²) in [4.78, 5) is 13.1. The third kappa shape index (κ3) is 6.29. The minimum Gasteiger partial charge on any atom is -0.497 e. The van der Waals surface area contributed by atoms with Crippen LogP contribution >= 0.6 is 11.3 Å². The molecule has 0 saturated heterocycles. The van der Waals surface area contributed by atoms with E-state index in [1.165, 1.54) is 43.8 Å². The first-order chi connectivity index (χ1) is 18.6. The fraction of sp³-hybridized carbons (Fsp3) is 0.222. The third-order valence-electron chi connectivity index (χ3n) is 5.73. The number of aromatic nitrogens is 2. The van der Waals surface area contributed by atoms with Crippen LogP contribution in [0.3, 0.4) is 0 Å². The van der Waals surface area contributed by atoms with Gasteiger partial charge in [-0.15, -0.1) is 10.2 Å². The van der Waals surface area contributed by atoms with Gasteiger partial charge in [-0.1, -0.05) is 17.4 Å². The maximum atomic E-state index is 13.9. The summed E-state index contributed by atoms with van der Waals surface area (Å²) >= 11 is 1.18. The van der Waals surface area contributed by atoms with Crippen LogP contribution in [0.1, 0.15) is 11.1 Å². The average Bonchev–Trinajstić information content (AvgIpc) is 3.38. The lowest BCUT2D eigenvalue weighted by atomic mass is 10.1. The van der Waals surface area contributed by atoms with E-state index in [-0.39, 0.29) is 15.8 Å². The molecule has 1 N–H and O–H groups in total. The van der Waals surface area contributed by atoms with Crippen molar-refractivity contribution >= 4 is 38.1 Å². The number of anilines is 2. The van der Waals surface area contributed by atoms with Crippen molar-refractivity contribution in [2.24, 2.45) is 0 Å². The van der Waals surface area contributed by atoms with Gasteiger partial charge in [0.25, 0.3) is 10.0 Å². The monoisotopic (exact) mass is 568 g/mol. The lowest BCUT2D eigenvalue weighted by Gasteiger charge is -2.25. The van der Waals surface area contributed by atoms with Crippen LogP contribution in [0.15, 0.2) is 65.6 Å². The van der Waals surface area contributed by atoms with Crippen molar-refractivity contribution in [2.45, 2.75) is 18.7 Å². The topological polar surface area (TPSA) is 120 Å². The van der Waals surface area contributed by atoms with Crippen LogP contribution in [-0.2, 0) is 14.8 Å². The van der Waals surface area contributed by atoms with Crippen LogP contribution in [0.5, 0.6) is 17.2 Å². The minimum atomic E-state index is -4.18. The van der Waals surface area contributed by atoms with Crippen molar-refractivity contribution < 1.29 is 27.4 Å². The molecule has 12 heteroatoms. The fourth-order valence-electron chi connectivity index (χ4n) is 3.93. The number of methoxy groups -OCH3 is 3. The molecule has 0 bridgehead atoms. The molecule has 0 saturated carbocycles. The molecule has 10 nitrogen and oxygen atoms in total. The van der Waals surface area contributed by atoms with Crippen molar-refractivity contribution in [3.63, 3.8) is 0 Å². The molecule has 0 unspecified atom stereocenters. The molecule has 0 atom stereocenters. The third-order valence-corrected chi connectivity index (χ3v) is 8.39.